The van der Waals surface area contributed by atoms with Gasteiger partial charge < -0.3 is 24.4 Å². The summed E-state index contributed by atoms with van der Waals surface area (Å²) < 4.78 is 44.2. The van der Waals surface area contributed by atoms with E-state index < -0.39 is 56.2 Å². The van der Waals surface area contributed by atoms with Gasteiger partial charge in [0.2, 0.25) is 27.7 Å². The minimum Gasteiger partial charge on any atom is -0.497 e. The lowest BCUT2D eigenvalue weighted by Gasteiger charge is -2.28. The van der Waals surface area contributed by atoms with Crippen molar-refractivity contribution in [2.45, 2.75) is 101 Å². The second kappa shape index (κ2) is 14.1. The number of fused-ring (bicyclic) bond motifs is 3. The van der Waals surface area contributed by atoms with E-state index in [9.17, 15) is 27.6 Å². The van der Waals surface area contributed by atoms with Gasteiger partial charge in [0, 0.05) is 35.7 Å². The Hall–Kier alpha value is -4.20. The molecule has 0 radical (unpaired) electrons. The van der Waals surface area contributed by atoms with Crippen molar-refractivity contribution in [2.75, 3.05) is 20.8 Å². The number of allylic oxidation sites excluding steroid dienone is 1. The number of esters is 1. The molecule has 14 heteroatoms. The number of pyridine rings is 1. The van der Waals surface area contributed by atoms with E-state index in [0.717, 1.165) is 25.7 Å². The molecule has 2 saturated carbocycles. The summed E-state index contributed by atoms with van der Waals surface area (Å²) in [7, 11) is -1.15. The quantitative estimate of drug-likeness (QED) is 0.299. The molecule has 0 spiro atoms. The number of ether oxygens (including phenoxy) is 3. The van der Waals surface area contributed by atoms with Crippen LogP contribution in [0.4, 0.5) is 0 Å². The number of benzene rings is 1. The molecule has 2 aliphatic carbocycles. The highest BCUT2D eigenvalue weighted by Crippen LogP contribution is 2.47. The topological polar surface area (TPSA) is 170 Å². The predicted octanol–water partition coefficient (Wildman–Crippen LogP) is 4.04. The predicted molar refractivity (Wildman–Crippen MR) is 188 cm³/mol. The highest BCUT2D eigenvalue weighted by Gasteiger charge is 2.63. The van der Waals surface area contributed by atoms with E-state index in [-0.39, 0.29) is 49.1 Å². The fourth-order valence-corrected chi connectivity index (χ4v) is 8.72. The Morgan fingerprint density at radius 3 is 2.59 bits per heavy atom. The maximum Gasteiger partial charge on any atom is 0.340 e. The summed E-state index contributed by atoms with van der Waals surface area (Å²) in [4.78, 5) is 60.6. The maximum atomic E-state index is 14.2. The molecule has 276 valence electrons. The van der Waals surface area contributed by atoms with Gasteiger partial charge in [0.15, 0.2) is 0 Å². The van der Waals surface area contributed by atoms with E-state index in [0.29, 0.717) is 35.3 Å². The van der Waals surface area contributed by atoms with Gasteiger partial charge in [0.1, 0.15) is 23.4 Å². The first kappa shape index (κ1) is 36.6. The molecule has 2 N–H and O–H groups in total. The molecule has 3 fully saturated rings. The Balaban J connectivity index is 1.31. The molecule has 4 aliphatic rings. The average molecular weight is 725 g/mol. The number of methoxy groups -OCH3 is 2. The molecule has 3 heterocycles. The third-order valence-corrected chi connectivity index (χ3v) is 13.4. The third kappa shape index (κ3) is 7.29. The van der Waals surface area contributed by atoms with Crippen LogP contribution in [0.2, 0.25) is 0 Å². The van der Waals surface area contributed by atoms with Crippen LogP contribution in [0, 0.1) is 17.8 Å². The van der Waals surface area contributed by atoms with Gasteiger partial charge in [-0.25, -0.2) is 18.2 Å². The molecular weight excluding hydrogens is 676 g/mol. The van der Waals surface area contributed by atoms with E-state index in [1.54, 1.807) is 25.1 Å². The molecule has 51 heavy (non-hydrogen) atoms. The zero-order valence-electron chi connectivity index (χ0n) is 29.9. The molecule has 13 nitrogen and oxygen atoms in total. The normalized spacial score (nSPS) is 29.1. The molecule has 6 rings (SSSR count). The highest BCUT2D eigenvalue weighted by atomic mass is 32.2. The van der Waals surface area contributed by atoms with Crippen LogP contribution < -0.4 is 19.5 Å². The van der Waals surface area contributed by atoms with Crippen molar-refractivity contribution in [2.24, 2.45) is 17.8 Å². The van der Waals surface area contributed by atoms with Crippen molar-refractivity contribution in [3.63, 3.8) is 0 Å². The number of aromatic nitrogens is 1. The molecule has 1 aromatic heterocycles. The van der Waals surface area contributed by atoms with Crippen molar-refractivity contribution in [3.8, 4) is 11.6 Å². The fourth-order valence-electron chi connectivity index (χ4n) is 7.41. The van der Waals surface area contributed by atoms with Crippen molar-refractivity contribution in [1.82, 2.24) is 19.9 Å². The smallest absolute Gasteiger partial charge is 0.340 e. The Bertz CT molecular complexity index is 1860. The van der Waals surface area contributed by atoms with Crippen LogP contribution in [-0.4, -0.2) is 85.2 Å². The first-order valence-corrected chi connectivity index (χ1v) is 19.3. The number of amides is 3. The number of carbonyl (C=O) groups is 4. The number of nitrogens with zero attached hydrogens (tertiary/aromatic N) is 2. The van der Waals surface area contributed by atoms with E-state index in [4.69, 9.17) is 14.2 Å². The second-order valence-corrected chi connectivity index (χ2v) is 17.1. The van der Waals surface area contributed by atoms with Gasteiger partial charge in [-0.2, -0.15) is 0 Å². The number of hydrogen-bond donors (Lipinski definition) is 2. The number of carbonyl (C=O) groups excluding carboxylic acids is 4. The Morgan fingerprint density at radius 1 is 1.14 bits per heavy atom. The van der Waals surface area contributed by atoms with Gasteiger partial charge in [0.05, 0.1) is 31.1 Å². The first-order valence-electron chi connectivity index (χ1n) is 17.8. The fraction of sp³-hybridized carbons (Fsp3) is 0.595. The number of hydrogen-bond acceptors (Lipinski definition) is 10. The summed E-state index contributed by atoms with van der Waals surface area (Å²) in [5.74, 6) is -1.27. The van der Waals surface area contributed by atoms with Crippen LogP contribution in [0.5, 0.6) is 11.6 Å². The van der Waals surface area contributed by atoms with Gasteiger partial charge in [-0.05, 0) is 75.5 Å². The van der Waals surface area contributed by atoms with Crippen LogP contribution in [-0.2, 0) is 29.1 Å². The molecular formula is C37H48N4O9S. The van der Waals surface area contributed by atoms with E-state index in [1.807, 2.05) is 12.2 Å². The minimum atomic E-state index is -3.95. The molecule has 1 saturated heterocycles. The summed E-state index contributed by atoms with van der Waals surface area (Å²) in [5, 5.41) is 3.94. The summed E-state index contributed by atoms with van der Waals surface area (Å²) in [6, 6.07) is 4.15. The molecule has 1 aromatic carbocycles. The average Bonchev–Trinajstić information content (AvgIpc) is 3.99. The molecule has 2 aliphatic heterocycles. The van der Waals surface area contributed by atoms with Crippen LogP contribution in [0.25, 0.3) is 10.8 Å². The van der Waals surface area contributed by atoms with Gasteiger partial charge in [0.25, 0.3) is 5.91 Å². The highest BCUT2D eigenvalue weighted by molar-refractivity contribution is 7.91. The SMILES string of the molecule is CCC1CC(=O)N2CC(Oc3ncc(C(=O)OC)c4cc(OC)ccc34)CC2C(=O)NC2(C(=O)NS(=O)(=O)C3(C)CC3)CC2C=CCCC(C)C1. The minimum absolute atomic E-state index is 0.0935. The van der Waals surface area contributed by atoms with E-state index in [2.05, 4.69) is 28.9 Å². The zero-order chi connectivity index (χ0) is 36.7. The molecule has 2 aromatic rings. The summed E-state index contributed by atoms with van der Waals surface area (Å²) in [6.07, 6.45) is 9.48. The lowest BCUT2D eigenvalue weighted by atomic mass is 9.88. The number of rotatable bonds is 8. The maximum absolute atomic E-state index is 14.2. The van der Waals surface area contributed by atoms with Crippen molar-refractivity contribution in [3.05, 3.63) is 42.1 Å². The Labute approximate surface area is 298 Å². The van der Waals surface area contributed by atoms with Gasteiger partial charge >= 0.3 is 5.97 Å². The third-order valence-electron chi connectivity index (χ3n) is 11.2. The number of nitrogens with one attached hydrogen (secondary N) is 2. The largest absolute Gasteiger partial charge is 0.497 e. The van der Waals surface area contributed by atoms with E-state index in [1.165, 1.54) is 25.3 Å². The van der Waals surface area contributed by atoms with Crippen molar-refractivity contribution in [1.29, 1.82) is 0 Å². The molecule has 6 unspecified atom stereocenters. The molecule has 0 bridgehead atoms. The molecule has 3 amide bonds. The standard InChI is InChI=1S/C37H48N4O9S/c1-6-23-15-22(2)9-7-8-10-24-19-37(24,35(45)40-51(46,47)36(3)13-14-36)39-32(43)30-18-26(21-41(30)31(42)16-23)50-33-27-12-11-25(48-4)17-28(27)29(20-38-33)34(44)49-5/h8,10-12,17,20,22-24,26,30H,6-7,9,13-16,18-19,21H2,1-5H3,(H,39,43)(H,40,45). The summed E-state index contributed by atoms with van der Waals surface area (Å²) in [5.41, 5.74) is -1.24. The summed E-state index contributed by atoms with van der Waals surface area (Å²) >= 11 is 0. The monoisotopic (exact) mass is 724 g/mol. The van der Waals surface area contributed by atoms with Gasteiger partial charge in [-0.1, -0.05) is 32.4 Å². The van der Waals surface area contributed by atoms with Crippen LogP contribution in [0.15, 0.2) is 36.5 Å². The van der Waals surface area contributed by atoms with Crippen LogP contribution >= 0.6 is 0 Å². The second-order valence-electron chi connectivity index (χ2n) is 14.9. The zero-order valence-corrected chi connectivity index (χ0v) is 30.7. The van der Waals surface area contributed by atoms with E-state index >= 15 is 0 Å². The van der Waals surface area contributed by atoms with Gasteiger partial charge in [-0.15, -0.1) is 0 Å². The summed E-state index contributed by atoms with van der Waals surface area (Å²) in [6.45, 7) is 5.93. The lowest BCUT2D eigenvalue weighted by molar-refractivity contribution is -0.140. The Kier molecular flexibility index (Phi) is 10.1. The first-order chi connectivity index (χ1) is 24.2. The Morgan fingerprint density at radius 2 is 1.90 bits per heavy atom. The number of sulfonamides is 1. The van der Waals surface area contributed by atoms with Crippen LogP contribution in [0.3, 0.4) is 0 Å². The van der Waals surface area contributed by atoms with Crippen LogP contribution in [0.1, 0.15) is 88.9 Å². The van der Waals surface area contributed by atoms with Crippen molar-refractivity contribution < 1.29 is 41.8 Å². The molecule has 6 atom stereocenters. The lowest BCUT2D eigenvalue weighted by Crippen LogP contribution is -2.57. The van der Waals surface area contributed by atoms with Crippen molar-refractivity contribution >= 4 is 44.5 Å². The van der Waals surface area contributed by atoms with Gasteiger partial charge in [-0.3, -0.25) is 19.1 Å².